The number of nitrogens with one attached hydrogen (secondary N) is 2. The summed E-state index contributed by atoms with van der Waals surface area (Å²) in [6.07, 6.45) is -4.46. The summed E-state index contributed by atoms with van der Waals surface area (Å²) in [6, 6.07) is -2.18. The molecule has 2 saturated carbocycles. The lowest BCUT2D eigenvalue weighted by Crippen LogP contribution is -2.39. The zero-order chi connectivity index (χ0) is 29.0. The van der Waals surface area contributed by atoms with Gasteiger partial charge in [-0.05, 0) is 51.0 Å². The Kier molecular flexibility index (Phi) is 7.46. The lowest BCUT2D eigenvalue weighted by atomic mass is 9.93. The van der Waals surface area contributed by atoms with Gasteiger partial charge in [0.2, 0.25) is 0 Å². The number of aromatic nitrogens is 2. The second-order valence-corrected chi connectivity index (χ2v) is 11.6. The summed E-state index contributed by atoms with van der Waals surface area (Å²) in [6.45, 7) is 0.509. The molecule has 2 aromatic rings. The van der Waals surface area contributed by atoms with Gasteiger partial charge in [-0.25, -0.2) is 27.5 Å². The fraction of sp³-hybridized carbons (Fsp3) is 0.600. The van der Waals surface area contributed by atoms with Crippen molar-refractivity contribution in [2.45, 2.75) is 82.1 Å². The Morgan fingerprint density at radius 1 is 1.18 bits per heavy atom. The number of thiazole rings is 1. The van der Waals surface area contributed by atoms with Crippen molar-refractivity contribution in [3.63, 3.8) is 0 Å². The Morgan fingerprint density at radius 3 is 2.40 bits per heavy atom. The van der Waals surface area contributed by atoms with Crippen LogP contribution in [0.1, 0.15) is 77.7 Å². The normalized spacial score (nSPS) is 21.8. The van der Waals surface area contributed by atoms with Gasteiger partial charge in [0.15, 0.2) is 5.01 Å². The minimum atomic E-state index is -4.62. The van der Waals surface area contributed by atoms with Crippen LogP contribution in [0, 0.1) is 5.92 Å². The van der Waals surface area contributed by atoms with Gasteiger partial charge in [0.1, 0.15) is 17.6 Å². The maximum absolute atomic E-state index is 14.3. The van der Waals surface area contributed by atoms with Crippen LogP contribution < -0.4 is 10.6 Å². The Labute approximate surface area is 228 Å². The molecule has 15 heteroatoms. The summed E-state index contributed by atoms with van der Waals surface area (Å²) in [4.78, 5) is 34.9. The molecule has 3 fully saturated rings. The maximum atomic E-state index is 14.3. The first-order chi connectivity index (χ1) is 18.7. The molecule has 0 spiro atoms. The van der Waals surface area contributed by atoms with Crippen LogP contribution in [0.2, 0.25) is 0 Å². The van der Waals surface area contributed by atoms with E-state index in [1.165, 1.54) is 6.92 Å². The van der Waals surface area contributed by atoms with Gasteiger partial charge in [-0.3, -0.25) is 9.59 Å². The Balaban J connectivity index is 1.53. The van der Waals surface area contributed by atoms with E-state index < -0.39 is 78.4 Å². The third kappa shape index (κ3) is 5.88. The van der Waals surface area contributed by atoms with E-state index in [9.17, 15) is 40.3 Å². The van der Waals surface area contributed by atoms with E-state index in [1.54, 1.807) is 0 Å². The molecule has 1 saturated heterocycles. The zero-order valence-electron chi connectivity index (χ0n) is 21.2. The van der Waals surface area contributed by atoms with Gasteiger partial charge in [-0.1, -0.05) is 0 Å². The highest BCUT2D eigenvalue weighted by atomic mass is 32.1. The zero-order valence-corrected chi connectivity index (χ0v) is 22.0. The van der Waals surface area contributed by atoms with Crippen molar-refractivity contribution in [2.24, 2.45) is 5.92 Å². The van der Waals surface area contributed by atoms with Crippen LogP contribution in [-0.2, 0) is 0 Å². The number of amides is 2. The highest BCUT2D eigenvalue weighted by Crippen LogP contribution is 2.43. The van der Waals surface area contributed by atoms with Crippen molar-refractivity contribution in [1.29, 1.82) is 0 Å². The van der Waals surface area contributed by atoms with Crippen molar-refractivity contribution < 1.29 is 40.3 Å². The molecule has 1 unspecified atom stereocenters. The van der Waals surface area contributed by atoms with Gasteiger partial charge in [0.25, 0.3) is 24.2 Å². The van der Waals surface area contributed by atoms with E-state index in [0.717, 1.165) is 36.4 Å². The summed E-state index contributed by atoms with van der Waals surface area (Å²) in [7, 11) is 0. The van der Waals surface area contributed by atoms with Gasteiger partial charge in [-0.2, -0.15) is 13.2 Å². The molecule has 1 aliphatic heterocycles. The first kappa shape index (κ1) is 28.6. The molecule has 0 aromatic carbocycles. The molecule has 3 aliphatic rings. The molecular weight excluding hydrogens is 567 g/mol. The number of carbonyl (C=O) groups is 2. The van der Waals surface area contributed by atoms with E-state index in [-0.39, 0.29) is 21.5 Å². The van der Waals surface area contributed by atoms with Crippen molar-refractivity contribution in [3.05, 3.63) is 28.5 Å². The van der Waals surface area contributed by atoms with E-state index in [4.69, 9.17) is 0 Å². The summed E-state index contributed by atoms with van der Waals surface area (Å²) in [5.41, 5.74) is -1.53. The number of rotatable bonds is 8. The van der Waals surface area contributed by atoms with Gasteiger partial charge in [0, 0.05) is 35.8 Å². The van der Waals surface area contributed by atoms with Crippen LogP contribution in [0.25, 0.3) is 10.4 Å². The molecule has 5 rings (SSSR count). The van der Waals surface area contributed by atoms with Crippen LogP contribution in [0.15, 0.2) is 12.3 Å². The quantitative estimate of drug-likeness (QED) is 0.364. The molecule has 40 heavy (non-hydrogen) atoms. The standard InChI is InChI=1S/C25H26F7N5O2S/c1-11-8-24(28,29)10-37(11)23(39)17-18(40-22(36-17)21(38)34-13-3-2-4-13)15-9-33-16(7-14(15)20(26)27)35-19(12-5-6-12)25(30,31)32/h7,9,11-13,19-20H,2-6,8,10H2,1H3,(H,33,35)(H,34,38)/t11-,19?/m0/s1. The Hall–Kier alpha value is -2.97. The number of halogens is 7. The van der Waals surface area contributed by atoms with Crippen LogP contribution in [0.4, 0.5) is 36.6 Å². The SMILES string of the molecule is C[C@H]1CC(F)(F)CN1C(=O)c1nc(C(=O)NC2CCC2)sc1-c1cnc(NC(C2CC2)C(F)(F)F)cc1C(F)F. The molecule has 7 nitrogen and oxygen atoms in total. The molecule has 2 aliphatic carbocycles. The molecule has 0 radical (unpaired) electrons. The highest BCUT2D eigenvalue weighted by molar-refractivity contribution is 7.17. The van der Waals surface area contributed by atoms with E-state index >= 15 is 0 Å². The Bertz CT molecular complexity index is 1290. The average Bonchev–Trinajstić information content (AvgIpc) is 3.50. The first-order valence-corrected chi connectivity index (χ1v) is 13.7. The second kappa shape index (κ2) is 10.5. The number of alkyl halides is 7. The van der Waals surface area contributed by atoms with Crippen molar-refractivity contribution in [3.8, 4) is 10.4 Å². The number of pyridine rings is 1. The van der Waals surface area contributed by atoms with E-state index in [0.29, 0.717) is 24.2 Å². The molecule has 2 N–H and O–H groups in total. The number of nitrogens with zero attached hydrogens (tertiary/aromatic N) is 3. The van der Waals surface area contributed by atoms with Gasteiger partial charge < -0.3 is 15.5 Å². The third-order valence-corrected chi connectivity index (χ3v) is 8.51. The van der Waals surface area contributed by atoms with Gasteiger partial charge >= 0.3 is 6.18 Å². The van der Waals surface area contributed by atoms with Gasteiger partial charge in [-0.15, -0.1) is 11.3 Å². The topological polar surface area (TPSA) is 87.2 Å². The van der Waals surface area contributed by atoms with Gasteiger partial charge in [0.05, 0.1) is 11.4 Å². The highest BCUT2D eigenvalue weighted by Gasteiger charge is 2.49. The minimum Gasteiger partial charge on any atom is -0.358 e. The molecular formula is C25H26F7N5O2S. The third-order valence-electron chi connectivity index (χ3n) is 7.42. The molecule has 0 bridgehead atoms. The largest absolute Gasteiger partial charge is 0.408 e. The smallest absolute Gasteiger partial charge is 0.358 e. The number of anilines is 1. The Morgan fingerprint density at radius 2 is 1.88 bits per heavy atom. The summed E-state index contributed by atoms with van der Waals surface area (Å²) >= 11 is 0.624. The second-order valence-electron chi connectivity index (χ2n) is 10.6. The summed E-state index contributed by atoms with van der Waals surface area (Å²) < 4.78 is 97.1. The summed E-state index contributed by atoms with van der Waals surface area (Å²) in [5.74, 6) is -5.89. The molecule has 2 atom stereocenters. The molecule has 2 amide bonds. The lowest BCUT2D eigenvalue weighted by Gasteiger charge is -2.25. The number of carbonyl (C=O) groups excluding carboxylic acids is 2. The van der Waals surface area contributed by atoms with Crippen LogP contribution in [-0.4, -0.2) is 63.5 Å². The predicted molar refractivity (Wildman–Crippen MR) is 132 cm³/mol. The minimum absolute atomic E-state index is 0.104. The lowest BCUT2D eigenvalue weighted by molar-refractivity contribution is -0.146. The van der Waals surface area contributed by atoms with Crippen LogP contribution >= 0.6 is 11.3 Å². The first-order valence-electron chi connectivity index (χ1n) is 12.9. The average molecular weight is 594 g/mol. The number of hydrogen-bond acceptors (Lipinski definition) is 6. The van der Waals surface area contributed by atoms with E-state index in [1.807, 2.05) is 0 Å². The molecule has 2 aromatic heterocycles. The van der Waals surface area contributed by atoms with E-state index in [2.05, 4.69) is 20.6 Å². The van der Waals surface area contributed by atoms with Crippen molar-refractivity contribution in [2.75, 3.05) is 11.9 Å². The fourth-order valence-electron chi connectivity index (χ4n) is 4.94. The monoisotopic (exact) mass is 593 g/mol. The number of hydrogen-bond donors (Lipinski definition) is 2. The fourth-order valence-corrected chi connectivity index (χ4v) is 5.93. The number of likely N-dealkylation sites (tertiary alicyclic amines) is 1. The molecule has 3 heterocycles. The molecule has 218 valence electrons. The van der Waals surface area contributed by atoms with Crippen molar-refractivity contribution in [1.82, 2.24) is 20.2 Å². The van der Waals surface area contributed by atoms with Crippen LogP contribution in [0.5, 0.6) is 0 Å². The van der Waals surface area contributed by atoms with Crippen molar-refractivity contribution >= 4 is 29.0 Å². The predicted octanol–water partition coefficient (Wildman–Crippen LogP) is 6.05. The summed E-state index contributed by atoms with van der Waals surface area (Å²) in [5, 5.41) is 4.72. The maximum Gasteiger partial charge on any atom is 0.408 e. The van der Waals surface area contributed by atoms with Crippen LogP contribution in [0.3, 0.4) is 0 Å².